The lowest BCUT2D eigenvalue weighted by Crippen LogP contribution is -2.48. The normalized spacial score (nSPS) is 20.6. The average Bonchev–Trinajstić information content (AvgIpc) is 2.91. The minimum Gasteiger partial charge on any atom is -0.444 e. The third kappa shape index (κ3) is 4.76. The van der Waals surface area contributed by atoms with E-state index in [1.807, 2.05) is 13.8 Å². The number of rotatable bonds is 7. The van der Waals surface area contributed by atoms with Crippen LogP contribution in [0.4, 0.5) is 4.79 Å². The number of aliphatic hydroxyl groups excluding tert-OH is 1. The van der Waals surface area contributed by atoms with Gasteiger partial charge in [-0.15, -0.1) is 0 Å². The third-order valence-electron chi connectivity index (χ3n) is 6.06. The fraction of sp³-hybridized carbons (Fsp3) is 0.789. The largest absolute Gasteiger partial charge is 0.444 e. The highest BCUT2D eigenvalue weighted by molar-refractivity contribution is 5.73. The lowest BCUT2D eigenvalue weighted by molar-refractivity contribution is 0.0471. The zero-order chi connectivity index (χ0) is 18.6. The van der Waals surface area contributed by atoms with Crippen LogP contribution >= 0.6 is 0 Å². The van der Waals surface area contributed by atoms with Crippen molar-refractivity contribution in [1.29, 1.82) is 0 Å². The molecular formula is C19H32N4O3. The molecule has 1 saturated carbocycles. The molecule has 0 bridgehead atoms. The van der Waals surface area contributed by atoms with E-state index in [-0.39, 0.29) is 18.1 Å². The van der Waals surface area contributed by atoms with Gasteiger partial charge in [-0.25, -0.2) is 9.78 Å². The van der Waals surface area contributed by atoms with Crippen LogP contribution < -0.4 is 10.6 Å². The van der Waals surface area contributed by atoms with Gasteiger partial charge in [0.1, 0.15) is 5.76 Å². The molecule has 2 fully saturated rings. The first kappa shape index (κ1) is 19.2. The molecule has 0 aromatic carbocycles. The minimum absolute atomic E-state index is 0.0702. The van der Waals surface area contributed by atoms with Gasteiger partial charge >= 0.3 is 6.03 Å². The van der Waals surface area contributed by atoms with Crippen LogP contribution in [0, 0.1) is 25.2 Å². The van der Waals surface area contributed by atoms with Gasteiger partial charge < -0.3 is 20.2 Å². The maximum absolute atomic E-state index is 12.0. The Labute approximate surface area is 155 Å². The van der Waals surface area contributed by atoms with Crippen molar-refractivity contribution in [1.82, 2.24) is 20.5 Å². The molecule has 26 heavy (non-hydrogen) atoms. The number of aliphatic hydroxyl groups is 1. The number of hydrogen-bond acceptors (Lipinski definition) is 5. The van der Waals surface area contributed by atoms with Gasteiger partial charge in [-0.05, 0) is 58.5 Å². The highest BCUT2D eigenvalue weighted by Crippen LogP contribution is 2.39. The summed E-state index contributed by atoms with van der Waals surface area (Å²) in [6.07, 6.45) is 5.30. The summed E-state index contributed by atoms with van der Waals surface area (Å²) in [5.74, 6) is 2.21. The van der Waals surface area contributed by atoms with Crippen molar-refractivity contribution in [3.63, 3.8) is 0 Å². The summed E-state index contributed by atoms with van der Waals surface area (Å²) < 4.78 is 5.66. The van der Waals surface area contributed by atoms with E-state index in [1.165, 1.54) is 0 Å². The smallest absolute Gasteiger partial charge is 0.314 e. The van der Waals surface area contributed by atoms with Crippen LogP contribution in [0.1, 0.15) is 49.4 Å². The molecule has 0 unspecified atom stereocenters. The molecule has 1 saturated heterocycles. The SMILES string of the molecule is Cc1nc(CN2CCC(CNC(=O)NCC3(CO)CCC3)CC2)oc1C. The molecule has 7 heteroatoms. The molecule has 0 spiro atoms. The highest BCUT2D eigenvalue weighted by Gasteiger charge is 2.36. The molecule has 1 aliphatic heterocycles. The number of carbonyl (C=O) groups excluding carboxylic acids is 1. The second kappa shape index (κ2) is 8.39. The maximum atomic E-state index is 12.0. The fourth-order valence-electron chi connectivity index (χ4n) is 3.78. The van der Waals surface area contributed by atoms with E-state index in [2.05, 4.69) is 20.5 Å². The van der Waals surface area contributed by atoms with Gasteiger partial charge in [0.25, 0.3) is 0 Å². The van der Waals surface area contributed by atoms with E-state index in [1.54, 1.807) is 0 Å². The summed E-state index contributed by atoms with van der Waals surface area (Å²) in [4.78, 5) is 18.8. The van der Waals surface area contributed by atoms with Crippen LogP contribution in [0.2, 0.25) is 0 Å². The molecule has 0 radical (unpaired) electrons. The molecule has 146 valence electrons. The number of aromatic nitrogens is 1. The maximum Gasteiger partial charge on any atom is 0.314 e. The van der Waals surface area contributed by atoms with Crippen LogP contribution in [0.5, 0.6) is 0 Å². The van der Waals surface area contributed by atoms with Gasteiger partial charge in [0.2, 0.25) is 5.89 Å². The Morgan fingerprint density at radius 2 is 2.04 bits per heavy atom. The highest BCUT2D eigenvalue weighted by atomic mass is 16.4. The number of piperidine rings is 1. The van der Waals surface area contributed by atoms with Crippen LogP contribution in [-0.4, -0.2) is 53.8 Å². The summed E-state index contributed by atoms with van der Waals surface area (Å²) in [5.41, 5.74) is 0.897. The minimum atomic E-state index is -0.113. The monoisotopic (exact) mass is 364 g/mol. The van der Waals surface area contributed by atoms with E-state index >= 15 is 0 Å². The standard InChI is InChI=1S/C19H32N4O3/c1-14-15(2)26-17(22-14)11-23-8-4-16(5-9-23)10-20-18(25)21-12-19(13-24)6-3-7-19/h16,24H,3-13H2,1-2H3,(H2,20,21,25). The predicted molar refractivity (Wildman–Crippen MR) is 98.7 cm³/mol. The van der Waals surface area contributed by atoms with Crippen molar-refractivity contribution >= 4 is 6.03 Å². The second-order valence-corrected chi connectivity index (χ2v) is 8.04. The second-order valence-electron chi connectivity index (χ2n) is 8.04. The van der Waals surface area contributed by atoms with Gasteiger partial charge in [0, 0.05) is 18.5 Å². The molecule has 2 aliphatic rings. The van der Waals surface area contributed by atoms with E-state index in [4.69, 9.17) is 4.42 Å². The number of amides is 2. The summed E-state index contributed by atoms with van der Waals surface area (Å²) in [6.45, 7) is 8.13. The molecule has 2 heterocycles. The Kier molecular flexibility index (Phi) is 6.19. The Morgan fingerprint density at radius 3 is 2.58 bits per heavy atom. The lowest BCUT2D eigenvalue weighted by atomic mass is 9.69. The molecule has 1 aromatic rings. The van der Waals surface area contributed by atoms with Gasteiger partial charge in [-0.2, -0.15) is 0 Å². The molecule has 2 amide bonds. The number of aryl methyl sites for hydroxylation is 2. The first-order valence-corrected chi connectivity index (χ1v) is 9.77. The number of carbonyl (C=O) groups is 1. The van der Waals surface area contributed by atoms with Crippen molar-refractivity contribution in [3.05, 3.63) is 17.3 Å². The summed E-state index contributed by atoms with van der Waals surface area (Å²) in [7, 11) is 0. The molecule has 7 nitrogen and oxygen atoms in total. The van der Waals surface area contributed by atoms with Crippen LogP contribution in [0.3, 0.4) is 0 Å². The van der Waals surface area contributed by atoms with Crippen molar-refractivity contribution < 1.29 is 14.3 Å². The van der Waals surface area contributed by atoms with Gasteiger partial charge in [-0.3, -0.25) is 4.90 Å². The van der Waals surface area contributed by atoms with Crippen LogP contribution in [0.15, 0.2) is 4.42 Å². The summed E-state index contributed by atoms with van der Waals surface area (Å²) in [5, 5.41) is 15.4. The number of nitrogens with zero attached hydrogens (tertiary/aromatic N) is 2. The molecular weight excluding hydrogens is 332 g/mol. The number of likely N-dealkylation sites (tertiary alicyclic amines) is 1. The van der Waals surface area contributed by atoms with Crippen molar-refractivity contribution in [3.8, 4) is 0 Å². The van der Waals surface area contributed by atoms with Crippen LogP contribution in [0.25, 0.3) is 0 Å². The number of hydrogen-bond donors (Lipinski definition) is 3. The molecule has 1 aromatic heterocycles. The fourth-order valence-corrected chi connectivity index (χ4v) is 3.78. The van der Waals surface area contributed by atoms with Gasteiger partial charge in [0.15, 0.2) is 0 Å². The van der Waals surface area contributed by atoms with E-state index in [0.717, 1.165) is 69.1 Å². The molecule has 3 N–H and O–H groups in total. The number of nitrogens with one attached hydrogen (secondary N) is 2. The van der Waals surface area contributed by atoms with E-state index in [9.17, 15) is 9.90 Å². The van der Waals surface area contributed by atoms with E-state index in [0.29, 0.717) is 19.0 Å². The third-order valence-corrected chi connectivity index (χ3v) is 6.06. The van der Waals surface area contributed by atoms with Crippen molar-refractivity contribution in [2.45, 2.75) is 52.5 Å². The first-order valence-electron chi connectivity index (χ1n) is 9.77. The summed E-state index contributed by atoms with van der Waals surface area (Å²) in [6, 6.07) is -0.113. The van der Waals surface area contributed by atoms with Gasteiger partial charge in [0.05, 0.1) is 18.8 Å². The average molecular weight is 364 g/mol. The Balaban J connectivity index is 1.31. The molecule has 1 aliphatic carbocycles. The van der Waals surface area contributed by atoms with Gasteiger partial charge in [-0.1, -0.05) is 6.42 Å². The van der Waals surface area contributed by atoms with Crippen molar-refractivity contribution in [2.75, 3.05) is 32.8 Å². The van der Waals surface area contributed by atoms with Crippen LogP contribution in [-0.2, 0) is 6.54 Å². The Morgan fingerprint density at radius 1 is 1.31 bits per heavy atom. The summed E-state index contributed by atoms with van der Waals surface area (Å²) >= 11 is 0. The van der Waals surface area contributed by atoms with E-state index < -0.39 is 0 Å². The zero-order valence-electron chi connectivity index (χ0n) is 16.0. The number of oxazole rings is 1. The number of urea groups is 1. The Hall–Kier alpha value is -1.60. The lowest BCUT2D eigenvalue weighted by Gasteiger charge is -2.40. The van der Waals surface area contributed by atoms with Crippen molar-refractivity contribution in [2.24, 2.45) is 11.3 Å². The predicted octanol–water partition coefficient (Wildman–Crippen LogP) is 1.97. The quantitative estimate of drug-likeness (QED) is 0.688. The molecule has 3 rings (SSSR count). The topological polar surface area (TPSA) is 90.6 Å². The zero-order valence-corrected chi connectivity index (χ0v) is 16.0. The first-order chi connectivity index (χ1) is 12.5. The Bertz CT molecular complexity index is 579. The molecule has 0 atom stereocenters.